The molecule has 14 heteroatoms. The third-order valence-corrected chi connectivity index (χ3v) is 8.14. The highest BCUT2D eigenvalue weighted by Crippen LogP contribution is 2.46. The first-order chi connectivity index (χ1) is 18.4. The zero-order valence-corrected chi connectivity index (χ0v) is 22.4. The molecule has 0 spiro atoms. The van der Waals surface area contributed by atoms with E-state index in [1.165, 1.54) is 33.7 Å². The van der Waals surface area contributed by atoms with E-state index in [2.05, 4.69) is 21.2 Å². The first-order valence-corrected chi connectivity index (χ1v) is 12.6. The van der Waals surface area contributed by atoms with Crippen LogP contribution in [0.4, 0.5) is 0 Å². The summed E-state index contributed by atoms with van der Waals surface area (Å²) in [5.74, 6) is -0.314. The number of hydrogen-bond donors (Lipinski definition) is 4. The number of ether oxygens (including phenoxy) is 2. The van der Waals surface area contributed by atoms with Gasteiger partial charge in [0.1, 0.15) is 18.1 Å². The van der Waals surface area contributed by atoms with Gasteiger partial charge in [-0.05, 0) is 12.3 Å². The van der Waals surface area contributed by atoms with Crippen molar-refractivity contribution in [2.75, 3.05) is 6.61 Å². The normalized spacial score (nSPS) is 34.0. The van der Waals surface area contributed by atoms with E-state index >= 15 is 0 Å². The molecule has 0 aliphatic carbocycles. The van der Waals surface area contributed by atoms with Gasteiger partial charge in [0.05, 0.1) is 18.9 Å². The van der Waals surface area contributed by atoms with Gasteiger partial charge in [0, 0.05) is 42.3 Å². The summed E-state index contributed by atoms with van der Waals surface area (Å²) in [5.41, 5.74) is -4.07. The van der Waals surface area contributed by atoms with Crippen LogP contribution in [-0.2, 0) is 9.47 Å². The lowest BCUT2D eigenvalue weighted by atomic mass is 9.82. The summed E-state index contributed by atoms with van der Waals surface area (Å²) in [4.78, 5) is 50.2. The Morgan fingerprint density at radius 3 is 1.85 bits per heavy atom. The number of hydrogen-bond acceptors (Lipinski definition) is 10. The fourth-order valence-corrected chi connectivity index (χ4v) is 5.19. The van der Waals surface area contributed by atoms with Gasteiger partial charge in [0.25, 0.3) is 11.1 Å². The van der Waals surface area contributed by atoms with Crippen molar-refractivity contribution < 1.29 is 19.8 Å². The summed E-state index contributed by atoms with van der Waals surface area (Å²) >= 11 is 0. The van der Waals surface area contributed by atoms with Gasteiger partial charge in [-0.1, -0.05) is 39.8 Å². The summed E-state index contributed by atoms with van der Waals surface area (Å²) in [6.07, 6.45) is 3.25. The topological polar surface area (TPSA) is 205 Å². The molecule has 14 nitrogen and oxygen atoms in total. The molecule has 2 aromatic heterocycles. The Hall–Kier alpha value is -3.80. The molecule has 4 heterocycles. The molecule has 212 valence electrons. The van der Waals surface area contributed by atoms with Crippen molar-refractivity contribution in [1.29, 1.82) is 5.26 Å². The molecule has 0 radical (unpaired) electrons. The standard InChI is InChI=1S/C13H17N3O3.C12H17N3O5/c1-4-13(7-14)9(3)8(2)11(19-13)16-6-5-10(17)15-12(16)18;1-7-8(2)12(6-16,5-13-19)20-10(7)15-4-3-9(17)14-11(15)18/h5-6,8-9,11H,4H2,1-3H3,(H,15,17,18);3-5,7-8,10,16,19H,6H2,1-2H3,(H,14,17,18)/b;13-5+. The monoisotopic (exact) mass is 546 g/mol. The highest BCUT2D eigenvalue weighted by atomic mass is 16.5. The summed E-state index contributed by atoms with van der Waals surface area (Å²) in [6.45, 7) is 9.10. The highest BCUT2D eigenvalue weighted by molar-refractivity contribution is 5.69. The Balaban J connectivity index is 0.000000216. The molecule has 8 atom stereocenters. The molecule has 0 saturated carbocycles. The van der Waals surface area contributed by atoms with E-state index in [0.717, 1.165) is 6.21 Å². The van der Waals surface area contributed by atoms with Gasteiger partial charge in [-0.3, -0.25) is 28.7 Å². The molecule has 2 saturated heterocycles. The number of aliphatic hydroxyl groups is 1. The average Bonchev–Trinajstić information content (AvgIpc) is 3.30. The fourth-order valence-electron chi connectivity index (χ4n) is 5.19. The largest absolute Gasteiger partial charge is 0.411 e. The Morgan fingerprint density at radius 2 is 1.46 bits per heavy atom. The van der Waals surface area contributed by atoms with Crippen LogP contribution >= 0.6 is 0 Å². The Labute approximate surface area is 223 Å². The van der Waals surface area contributed by atoms with Crippen LogP contribution < -0.4 is 22.5 Å². The van der Waals surface area contributed by atoms with Crippen LogP contribution in [0.25, 0.3) is 0 Å². The summed E-state index contributed by atoms with van der Waals surface area (Å²) < 4.78 is 14.2. The van der Waals surface area contributed by atoms with Crippen LogP contribution in [-0.4, -0.2) is 53.4 Å². The Kier molecular flexibility index (Phi) is 8.79. The third kappa shape index (κ3) is 5.38. The number of nitrogens with one attached hydrogen (secondary N) is 2. The van der Waals surface area contributed by atoms with E-state index < -0.39 is 46.2 Å². The molecule has 4 N–H and O–H groups in total. The van der Waals surface area contributed by atoms with Crippen LogP contribution in [0, 0.1) is 35.0 Å². The minimum absolute atomic E-state index is 0.00296. The van der Waals surface area contributed by atoms with Gasteiger partial charge in [0.15, 0.2) is 5.60 Å². The molecule has 2 aliphatic heterocycles. The summed E-state index contributed by atoms with van der Waals surface area (Å²) in [6, 6.07) is 4.73. The van der Waals surface area contributed by atoms with Crippen molar-refractivity contribution >= 4 is 6.21 Å². The zero-order valence-electron chi connectivity index (χ0n) is 22.4. The van der Waals surface area contributed by atoms with Gasteiger partial charge < -0.3 is 19.8 Å². The molecule has 0 aromatic carbocycles. The SMILES string of the molecule is CC1C(n2ccc(=O)[nH]c2=O)OC(/C=N/O)(CO)C1C.CCC1(C#N)OC(n2ccc(=O)[nH]c2=O)C(C)C1C. The maximum Gasteiger partial charge on any atom is 0.330 e. The van der Waals surface area contributed by atoms with E-state index in [0.29, 0.717) is 6.42 Å². The smallest absolute Gasteiger partial charge is 0.330 e. The number of aromatic nitrogens is 4. The molecular weight excluding hydrogens is 512 g/mol. The minimum Gasteiger partial charge on any atom is -0.411 e. The van der Waals surface area contributed by atoms with Crippen LogP contribution in [0.5, 0.6) is 0 Å². The fraction of sp³-hybridized carbons (Fsp3) is 0.600. The van der Waals surface area contributed by atoms with E-state index in [9.17, 15) is 29.5 Å². The van der Waals surface area contributed by atoms with Gasteiger partial charge in [0.2, 0.25) is 0 Å². The second-order valence-corrected chi connectivity index (χ2v) is 10.1. The van der Waals surface area contributed by atoms with Crippen LogP contribution in [0.1, 0.15) is 53.5 Å². The number of aromatic amines is 2. The summed E-state index contributed by atoms with van der Waals surface area (Å²) in [5, 5.41) is 30.6. The van der Waals surface area contributed by atoms with Crippen LogP contribution in [0.3, 0.4) is 0 Å². The van der Waals surface area contributed by atoms with E-state index in [-0.39, 0.29) is 30.3 Å². The van der Waals surface area contributed by atoms with Crippen LogP contribution in [0.15, 0.2) is 48.9 Å². The lowest BCUT2D eigenvalue weighted by Crippen LogP contribution is -2.41. The molecule has 0 bridgehead atoms. The molecule has 2 aromatic rings. The molecule has 2 fully saturated rings. The lowest BCUT2D eigenvalue weighted by Gasteiger charge is -2.26. The lowest BCUT2D eigenvalue weighted by molar-refractivity contribution is -0.0700. The van der Waals surface area contributed by atoms with Gasteiger partial charge in [-0.15, -0.1) is 0 Å². The maximum absolute atomic E-state index is 11.8. The van der Waals surface area contributed by atoms with Gasteiger partial charge in [-0.25, -0.2) is 9.59 Å². The molecule has 2 aliphatic rings. The van der Waals surface area contributed by atoms with Crippen molar-refractivity contribution in [3.05, 3.63) is 66.2 Å². The average molecular weight is 547 g/mol. The van der Waals surface area contributed by atoms with Crippen LogP contribution in [0.2, 0.25) is 0 Å². The molecular formula is C25H34N6O8. The Morgan fingerprint density at radius 1 is 0.974 bits per heavy atom. The second-order valence-electron chi connectivity index (χ2n) is 10.1. The van der Waals surface area contributed by atoms with Crippen molar-refractivity contribution in [1.82, 2.24) is 19.1 Å². The highest BCUT2D eigenvalue weighted by Gasteiger charge is 2.52. The quantitative estimate of drug-likeness (QED) is 0.234. The molecule has 4 rings (SSSR count). The minimum atomic E-state index is -1.16. The number of nitrogens with zero attached hydrogens (tertiary/aromatic N) is 4. The summed E-state index contributed by atoms with van der Waals surface area (Å²) in [7, 11) is 0. The number of H-pyrrole nitrogens is 2. The van der Waals surface area contributed by atoms with E-state index in [1.807, 2.05) is 34.6 Å². The van der Waals surface area contributed by atoms with Gasteiger partial charge >= 0.3 is 11.4 Å². The first kappa shape index (κ1) is 29.8. The van der Waals surface area contributed by atoms with E-state index in [1.54, 1.807) is 0 Å². The number of aliphatic hydroxyl groups excluding tert-OH is 1. The second kappa shape index (κ2) is 11.5. The number of nitriles is 1. The number of rotatable bonds is 5. The Bertz CT molecular complexity index is 1470. The first-order valence-electron chi connectivity index (χ1n) is 12.6. The zero-order chi connectivity index (χ0) is 29.1. The third-order valence-electron chi connectivity index (χ3n) is 8.14. The predicted molar refractivity (Wildman–Crippen MR) is 138 cm³/mol. The number of oxime groups is 1. The van der Waals surface area contributed by atoms with Gasteiger partial charge in [-0.2, -0.15) is 5.26 Å². The van der Waals surface area contributed by atoms with E-state index in [4.69, 9.17) is 14.7 Å². The maximum atomic E-state index is 11.8. The van der Waals surface area contributed by atoms with Crippen molar-refractivity contribution in [3.63, 3.8) is 0 Å². The predicted octanol–water partition coefficient (Wildman–Crippen LogP) is 0.539. The van der Waals surface area contributed by atoms with Crippen molar-refractivity contribution in [2.45, 2.75) is 64.7 Å². The van der Waals surface area contributed by atoms with Crippen molar-refractivity contribution in [2.24, 2.45) is 28.8 Å². The molecule has 8 unspecified atom stereocenters. The molecule has 0 amide bonds. The van der Waals surface area contributed by atoms with Crippen molar-refractivity contribution in [3.8, 4) is 6.07 Å². The molecule has 39 heavy (non-hydrogen) atoms.